The summed E-state index contributed by atoms with van der Waals surface area (Å²) in [6.07, 6.45) is 3.24. The van der Waals surface area contributed by atoms with Crippen LogP contribution in [0.4, 0.5) is 16.2 Å². The Balaban J connectivity index is 1.95. The van der Waals surface area contributed by atoms with E-state index in [0.717, 1.165) is 11.3 Å². The molecule has 0 fully saturated rings. The van der Waals surface area contributed by atoms with Crippen molar-refractivity contribution < 1.29 is 4.79 Å². The molecule has 0 bridgehead atoms. The first-order valence-corrected chi connectivity index (χ1v) is 5.99. The zero-order chi connectivity index (χ0) is 13.7. The summed E-state index contributed by atoms with van der Waals surface area (Å²) in [5.74, 6) is 0. The maximum atomic E-state index is 11.7. The van der Waals surface area contributed by atoms with Crippen LogP contribution in [0, 0.1) is 0 Å². The predicted molar refractivity (Wildman–Crippen MR) is 75.9 cm³/mol. The molecule has 1 aromatic carbocycles. The van der Waals surface area contributed by atoms with Crippen LogP contribution in [0.2, 0.25) is 0 Å². The van der Waals surface area contributed by atoms with Gasteiger partial charge in [0.05, 0.1) is 0 Å². The summed E-state index contributed by atoms with van der Waals surface area (Å²) in [5, 5.41) is 5.46. The third-order valence-electron chi connectivity index (χ3n) is 2.63. The van der Waals surface area contributed by atoms with Gasteiger partial charge in [-0.3, -0.25) is 4.98 Å². The van der Waals surface area contributed by atoms with Crippen molar-refractivity contribution >= 4 is 17.4 Å². The molecule has 0 aliphatic heterocycles. The molecule has 2 aromatic rings. The minimum Gasteiger partial charge on any atom is -0.324 e. The fourth-order valence-electron chi connectivity index (χ4n) is 1.60. The number of aromatic nitrogens is 1. The third kappa shape index (κ3) is 3.79. The molecule has 0 aliphatic carbocycles. The second kappa shape index (κ2) is 5.97. The highest BCUT2D eigenvalue weighted by atomic mass is 16.2. The number of nitrogens with one attached hydrogen (secondary N) is 2. The number of nitrogens with zero attached hydrogens (tertiary/aromatic N) is 1. The van der Waals surface area contributed by atoms with Crippen molar-refractivity contribution in [3.05, 3.63) is 54.4 Å². The van der Waals surface area contributed by atoms with Gasteiger partial charge in [0.1, 0.15) is 0 Å². The number of pyridine rings is 1. The zero-order valence-corrected chi connectivity index (χ0v) is 10.6. The van der Waals surface area contributed by atoms with Gasteiger partial charge in [0.15, 0.2) is 0 Å². The van der Waals surface area contributed by atoms with Gasteiger partial charge in [-0.15, -0.1) is 0 Å². The molecule has 19 heavy (non-hydrogen) atoms. The monoisotopic (exact) mass is 256 g/mol. The van der Waals surface area contributed by atoms with Crippen LogP contribution in [0.15, 0.2) is 48.8 Å². The Morgan fingerprint density at radius 1 is 1.05 bits per heavy atom. The Morgan fingerprint density at radius 2 is 1.58 bits per heavy atom. The van der Waals surface area contributed by atoms with Crippen LogP contribution in [0.1, 0.15) is 18.5 Å². The Morgan fingerprint density at radius 3 is 2.11 bits per heavy atom. The third-order valence-corrected chi connectivity index (χ3v) is 2.63. The summed E-state index contributed by atoms with van der Waals surface area (Å²) in [6.45, 7) is 1.92. The molecule has 0 saturated heterocycles. The number of rotatable bonds is 3. The van der Waals surface area contributed by atoms with E-state index in [0.29, 0.717) is 5.69 Å². The van der Waals surface area contributed by atoms with E-state index >= 15 is 0 Å². The van der Waals surface area contributed by atoms with Crippen LogP contribution >= 0.6 is 0 Å². The highest BCUT2D eigenvalue weighted by Crippen LogP contribution is 2.14. The normalized spacial score (nSPS) is 11.7. The summed E-state index contributed by atoms with van der Waals surface area (Å²) < 4.78 is 0. The van der Waals surface area contributed by atoms with Gasteiger partial charge in [0.25, 0.3) is 0 Å². The number of anilines is 2. The van der Waals surface area contributed by atoms with Crippen molar-refractivity contribution in [1.29, 1.82) is 0 Å². The van der Waals surface area contributed by atoms with Crippen molar-refractivity contribution in [1.82, 2.24) is 4.98 Å². The average Bonchev–Trinajstić information content (AvgIpc) is 2.40. The van der Waals surface area contributed by atoms with Gasteiger partial charge in [-0.1, -0.05) is 12.1 Å². The van der Waals surface area contributed by atoms with Gasteiger partial charge in [-0.05, 0) is 36.8 Å². The molecule has 0 saturated carbocycles. The molecular formula is C14H16N4O. The maximum absolute atomic E-state index is 11.7. The molecule has 1 atom stereocenters. The van der Waals surface area contributed by atoms with Crippen molar-refractivity contribution in [2.45, 2.75) is 13.0 Å². The molecular weight excluding hydrogens is 240 g/mol. The molecule has 2 rings (SSSR count). The number of carbonyl (C=O) groups excluding carboxylic acids is 1. The number of benzene rings is 1. The summed E-state index contributed by atoms with van der Waals surface area (Å²) in [5.41, 5.74) is 8.20. The lowest BCUT2D eigenvalue weighted by Gasteiger charge is -2.09. The van der Waals surface area contributed by atoms with E-state index in [1.54, 1.807) is 24.5 Å². The van der Waals surface area contributed by atoms with Crippen molar-refractivity contribution in [3.8, 4) is 0 Å². The highest BCUT2D eigenvalue weighted by molar-refractivity contribution is 5.99. The topological polar surface area (TPSA) is 80.0 Å². The van der Waals surface area contributed by atoms with Gasteiger partial charge >= 0.3 is 6.03 Å². The van der Waals surface area contributed by atoms with E-state index in [1.807, 2.05) is 31.2 Å². The van der Waals surface area contributed by atoms with E-state index in [9.17, 15) is 4.79 Å². The molecule has 0 spiro atoms. The SMILES string of the molecule is CC(N)c1ccc(NC(=O)Nc2ccncc2)cc1. The largest absolute Gasteiger partial charge is 0.324 e. The van der Waals surface area contributed by atoms with Crippen molar-refractivity contribution in [2.24, 2.45) is 5.73 Å². The minimum absolute atomic E-state index is 0.0142. The van der Waals surface area contributed by atoms with Gasteiger partial charge in [-0.2, -0.15) is 0 Å². The standard InChI is InChI=1S/C14H16N4O/c1-10(15)11-2-4-12(5-3-11)17-14(19)18-13-6-8-16-9-7-13/h2-10H,15H2,1H3,(H2,16,17,18,19). The smallest absolute Gasteiger partial charge is 0.323 e. The number of nitrogens with two attached hydrogens (primary N) is 1. The summed E-state index contributed by atoms with van der Waals surface area (Å²) in [6, 6.07) is 10.6. The number of hydrogen-bond acceptors (Lipinski definition) is 3. The number of carbonyl (C=O) groups is 1. The summed E-state index contributed by atoms with van der Waals surface area (Å²) in [7, 11) is 0. The van der Waals surface area contributed by atoms with E-state index in [-0.39, 0.29) is 12.1 Å². The lowest BCUT2D eigenvalue weighted by atomic mass is 10.1. The van der Waals surface area contributed by atoms with Crippen molar-refractivity contribution in [2.75, 3.05) is 10.6 Å². The van der Waals surface area contributed by atoms with Crippen LogP contribution in [-0.2, 0) is 0 Å². The maximum Gasteiger partial charge on any atom is 0.323 e. The molecule has 2 amide bonds. The lowest BCUT2D eigenvalue weighted by molar-refractivity contribution is 0.262. The van der Waals surface area contributed by atoms with Crippen LogP contribution in [0.25, 0.3) is 0 Å². The number of amides is 2. The first-order chi connectivity index (χ1) is 9.15. The minimum atomic E-state index is -0.292. The van der Waals surface area contributed by atoms with Crippen LogP contribution < -0.4 is 16.4 Å². The number of urea groups is 1. The van der Waals surface area contributed by atoms with Crippen LogP contribution in [0.5, 0.6) is 0 Å². The van der Waals surface area contributed by atoms with Gasteiger partial charge < -0.3 is 16.4 Å². The number of hydrogen-bond donors (Lipinski definition) is 3. The van der Waals surface area contributed by atoms with E-state index in [1.165, 1.54) is 0 Å². The van der Waals surface area contributed by atoms with Crippen LogP contribution in [-0.4, -0.2) is 11.0 Å². The first kappa shape index (κ1) is 13.0. The Hall–Kier alpha value is -2.40. The summed E-state index contributed by atoms with van der Waals surface area (Å²) in [4.78, 5) is 15.6. The van der Waals surface area contributed by atoms with Crippen LogP contribution in [0.3, 0.4) is 0 Å². The Labute approximate surface area is 111 Å². The molecule has 1 heterocycles. The fraction of sp³-hybridized carbons (Fsp3) is 0.143. The molecule has 0 aliphatic rings. The molecule has 1 aromatic heterocycles. The second-order valence-corrected chi connectivity index (χ2v) is 4.23. The lowest BCUT2D eigenvalue weighted by Crippen LogP contribution is -2.19. The fourth-order valence-corrected chi connectivity index (χ4v) is 1.60. The summed E-state index contributed by atoms with van der Waals surface area (Å²) >= 11 is 0. The quantitative estimate of drug-likeness (QED) is 0.790. The second-order valence-electron chi connectivity index (χ2n) is 4.23. The van der Waals surface area contributed by atoms with Gasteiger partial charge in [0.2, 0.25) is 0 Å². The van der Waals surface area contributed by atoms with E-state index < -0.39 is 0 Å². The molecule has 1 unspecified atom stereocenters. The molecule has 5 nitrogen and oxygen atoms in total. The Bertz CT molecular complexity index is 537. The van der Waals surface area contributed by atoms with E-state index in [4.69, 9.17) is 5.73 Å². The molecule has 4 N–H and O–H groups in total. The zero-order valence-electron chi connectivity index (χ0n) is 10.6. The van der Waals surface area contributed by atoms with Gasteiger partial charge in [0, 0.05) is 29.8 Å². The Kier molecular flexibility index (Phi) is 4.10. The van der Waals surface area contributed by atoms with Gasteiger partial charge in [-0.25, -0.2) is 4.79 Å². The van der Waals surface area contributed by atoms with E-state index in [2.05, 4.69) is 15.6 Å². The molecule has 5 heteroatoms. The molecule has 0 radical (unpaired) electrons. The first-order valence-electron chi connectivity index (χ1n) is 5.99. The highest BCUT2D eigenvalue weighted by Gasteiger charge is 2.03. The average molecular weight is 256 g/mol. The predicted octanol–water partition coefficient (Wildman–Crippen LogP) is 2.75. The van der Waals surface area contributed by atoms with Crippen molar-refractivity contribution in [3.63, 3.8) is 0 Å². The molecule has 98 valence electrons.